The number of thioether (sulfide) groups is 1. The summed E-state index contributed by atoms with van der Waals surface area (Å²) in [5.41, 5.74) is 5.61. The standard InChI is InChI=1S/C11H22N2OS2/c1-5-6-9(10(12)15)11(14)13(3)8(2)7-16-4/h8-9H,5-7H2,1-4H3,(H2,12,15). The second kappa shape index (κ2) is 7.90. The molecule has 0 saturated heterocycles. The first-order chi connectivity index (χ1) is 7.45. The van der Waals surface area contributed by atoms with E-state index in [1.807, 2.05) is 27.2 Å². The van der Waals surface area contributed by atoms with Crippen LogP contribution >= 0.6 is 24.0 Å². The number of carbonyl (C=O) groups is 1. The maximum absolute atomic E-state index is 12.1. The minimum Gasteiger partial charge on any atom is -0.393 e. The van der Waals surface area contributed by atoms with E-state index in [1.165, 1.54) is 0 Å². The van der Waals surface area contributed by atoms with Crippen LogP contribution in [0.25, 0.3) is 0 Å². The van der Waals surface area contributed by atoms with Crippen molar-refractivity contribution in [3.63, 3.8) is 0 Å². The molecule has 0 fully saturated rings. The van der Waals surface area contributed by atoms with Crippen LogP contribution in [0.2, 0.25) is 0 Å². The number of carbonyl (C=O) groups excluding carboxylic acids is 1. The molecule has 0 bridgehead atoms. The third kappa shape index (κ3) is 4.70. The van der Waals surface area contributed by atoms with Gasteiger partial charge in [0.2, 0.25) is 5.91 Å². The topological polar surface area (TPSA) is 46.3 Å². The van der Waals surface area contributed by atoms with Gasteiger partial charge in [-0.1, -0.05) is 25.6 Å². The van der Waals surface area contributed by atoms with Gasteiger partial charge in [-0.25, -0.2) is 0 Å². The lowest BCUT2D eigenvalue weighted by atomic mass is 10.0. The van der Waals surface area contributed by atoms with Gasteiger partial charge in [-0.2, -0.15) is 11.8 Å². The van der Waals surface area contributed by atoms with E-state index in [1.54, 1.807) is 16.7 Å². The molecule has 2 unspecified atom stereocenters. The van der Waals surface area contributed by atoms with Crippen LogP contribution in [-0.4, -0.2) is 40.9 Å². The number of hydrogen-bond acceptors (Lipinski definition) is 3. The molecule has 0 aromatic rings. The number of rotatable bonds is 7. The Bertz CT molecular complexity index is 246. The smallest absolute Gasteiger partial charge is 0.232 e. The summed E-state index contributed by atoms with van der Waals surface area (Å²) < 4.78 is 0. The molecule has 0 aromatic heterocycles. The molecule has 0 heterocycles. The average Bonchev–Trinajstić information content (AvgIpc) is 2.23. The summed E-state index contributed by atoms with van der Waals surface area (Å²) in [6.07, 6.45) is 3.69. The summed E-state index contributed by atoms with van der Waals surface area (Å²) in [5, 5.41) is 0. The number of thiocarbonyl (C=S) groups is 1. The molecule has 0 aromatic carbocycles. The summed E-state index contributed by atoms with van der Waals surface area (Å²) in [6.45, 7) is 4.07. The molecule has 0 aliphatic carbocycles. The summed E-state index contributed by atoms with van der Waals surface area (Å²) in [6, 6.07) is 0.219. The molecule has 16 heavy (non-hydrogen) atoms. The largest absolute Gasteiger partial charge is 0.393 e. The number of nitrogens with zero attached hydrogens (tertiary/aromatic N) is 1. The second-order valence-electron chi connectivity index (χ2n) is 4.00. The fraction of sp³-hybridized carbons (Fsp3) is 0.818. The van der Waals surface area contributed by atoms with E-state index in [-0.39, 0.29) is 17.9 Å². The van der Waals surface area contributed by atoms with E-state index in [0.717, 1.165) is 18.6 Å². The minimum absolute atomic E-state index is 0.0518. The Balaban J connectivity index is 4.53. The molecule has 5 heteroatoms. The van der Waals surface area contributed by atoms with Crippen LogP contribution in [0.5, 0.6) is 0 Å². The predicted octanol–water partition coefficient (Wildman–Crippen LogP) is 1.90. The lowest BCUT2D eigenvalue weighted by molar-refractivity contribution is -0.133. The Labute approximate surface area is 108 Å². The molecule has 0 saturated carbocycles. The SMILES string of the molecule is CCCC(C(=O)N(C)C(C)CSC)C(N)=S. The molecule has 3 nitrogen and oxygen atoms in total. The maximum atomic E-state index is 12.1. The molecule has 0 rings (SSSR count). The number of hydrogen-bond donors (Lipinski definition) is 1. The molecule has 1 amide bonds. The van der Waals surface area contributed by atoms with Gasteiger partial charge in [0.25, 0.3) is 0 Å². The monoisotopic (exact) mass is 262 g/mol. The molecule has 0 aliphatic heterocycles. The van der Waals surface area contributed by atoms with Crippen LogP contribution in [0, 0.1) is 5.92 Å². The number of nitrogens with two attached hydrogens (primary N) is 1. The van der Waals surface area contributed by atoms with Crippen molar-refractivity contribution in [2.75, 3.05) is 19.1 Å². The van der Waals surface area contributed by atoms with Gasteiger partial charge in [-0.15, -0.1) is 0 Å². The molecule has 2 N–H and O–H groups in total. The average molecular weight is 262 g/mol. The van der Waals surface area contributed by atoms with E-state index < -0.39 is 0 Å². The first-order valence-corrected chi connectivity index (χ1v) is 7.30. The highest BCUT2D eigenvalue weighted by molar-refractivity contribution is 7.98. The fourth-order valence-electron chi connectivity index (χ4n) is 1.49. The quantitative estimate of drug-likeness (QED) is 0.712. The van der Waals surface area contributed by atoms with E-state index in [0.29, 0.717) is 4.99 Å². The van der Waals surface area contributed by atoms with Crippen molar-refractivity contribution >= 4 is 34.9 Å². The van der Waals surface area contributed by atoms with Crippen LogP contribution in [-0.2, 0) is 4.79 Å². The van der Waals surface area contributed by atoms with Crippen LogP contribution in [0.3, 0.4) is 0 Å². The molecule has 0 aliphatic rings. The van der Waals surface area contributed by atoms with E-state index >= 15 is 0 Å². The molecule has 94 valence electrons. The second-order valence-corrected chi connectivity index (χ2v) is 5.38. The Morgan fingerprint density at radius 2 is 2.12 bits per heavy atom. The molecular weight excluding hydrogens is 240 g/mol. The van der Waals surface area contributed by atoms with Gasteiger partial charge in [0, 0.05) is 18.8 Å². The zero-order valence-corrected chi connectivity index (χ0v) is 12.2. The van der Waals surface area contributed by atoms with Crippen molar-refractivity contribution < 1.29 is 4.79 Å². The van der Waals surface area contributed by atoms with Gasteiger partial charge >= 0.3 is 0 Å². The van der Waals surface area contributed by atoms with Crippen molar-refractivity contribution in [1.82, 2.24) is 4.90 Å². The highest BCUT2D eigenvalue weighted by Crippen LogP contribution is 2.13. The molecular formula is C11H22N2OS2. The van der Waals surface area contributed by atoms with Gasteiger partial charge in [0.15, 0.2) is 0 Å². The summed E-state index contributed by atoms with van der Waals surface area (Å²) in [4.78, 5) is 14.2. The van der Waals surface area contributed by atoms with Crippen molar-refractivity contribution in [1.29, 1.82) is 0 Å². The Morgan fingerprint density at radius 3 is 2.50 bits per heavy atom. The fourth-order valence-corrected chi connectivity index (χ4v) is 2.42. The third-order valence-corrected chi connectivity index (χ3v) is 3.74. The van der Waals surface area contributed by atoms with E-state index in [9.17, 15) is 4.79 Å². The number of amides is 1. The first kappa shape index (κ1) is 15.7. The molecule has 2 atom stereocenters. The van der Waals surface area contributed by atoms with Crippen molar-refractivity contribution in [2.24, 2.45) is 11.7 Å². The maximum Gasteiger partial charge on any atom is 0.232 e. The zero-order chi connectivity index (χ0) is 12.7. The normalized spacial score (nSPS) is 14.2. The van der Waals surface area contributed by atoms with Crippen molar-refractivity contribution in [3.05, 3.63) is 0 Å². The van der Waals surface area contributed by atoms with Gasteiger partial charge in [-0.05, 0) is 19.6 Å². The Morgan fingerprint density at radius 1 is 1.56 bits per heavy atom. The third-order valence-electron chi connectivity index (χ3n) is 2.64. The summed E-state index contributed by atoms with van der Waals surface area (Å²) in [5.74, 6) is 0.684. The van der Waals surface area contributed by atoms with Gasteiger partial charge in [0.05, 0.1) is 10.9 Å². The summed E-state index contributed by atoms with van der Waals surface area (Å²) >= 11 is 6.69. The molecule has 0 radical (unpaired) electrons. The van der Waals surface area contributed by atoms with Gasteiger partial charge < -0.3 is 10.6 Å². The van der Waals surface area contributed by atoms with E-state index in [2.05, 4.69) is 0 Å². The van der Waals surface area contributed by atoms with Crippen LogP contribution in [0.4, 0.5) is 0 Å². The minimum atomic E-state index is -0.297. The first-order valence-electron chi connectivity index (χ1n) is 5.50. The van der Waals surface area contributed by atoms with Gasteiger partial charge in [-0.3, -0.25) is 4.79 Å². The van der Waals surface area contributed by atoms with E-state index in [4.69, 9.17) is 18.0 Å². The van der Waals surface area contributed by atoms with Crippen LogP contribution in [0.15, 0.2) is 0 Å². The van der Waals surface area contributed by atoms with Crippen molar-refractivity contribution in [3.8, 4) is 0 Å². The van der Waals surface area contributed by atoms with Crippen LogP contribution in [0.1, 0.15) is 26.7 Å². The lowest BCUT2D eigenvalue weighted by Gasteiger charge is -2.28. The zero-order valence-electron chi connectivity index (χ0n) is 10.5. The highest BCUT2D eigenvalue weighted by Gasteiger charge is 2.26. The lowest BCUT2D eigenvalue weighted by Crippen LogP contribution is -2.44. The molecule has 0 spiro atoms. The summed E-state index contributed by atoms with van der Waals surface area (Å²) in [7, 11) is 1.82. The highest BCUT2D eigenvalue weighted by atomic mass is 32.2. The predicted molar refractivity (Wildman–Crippen MR) is 75.8 cm³/mol. The Hall–Kier alpha value is -0.290. The van der Waals surface area contributed by atoms with Gasteiger partial charge in [0.1, 0.15) is 0 Å². The Kier molecular flexibility index (Phi) is 7.76. The van der Waals surface area contributed by atoms with Crippen LogP contribution < -0.4 is 5.73 Å². The van der Waals surface area contributed by atoms with Crippen molar-refractivity contribution in [2.45, 2.75) is 32.7 Å².